The van der Waals surface area contributed by atoms with Gasteiger partial charge in [-0.15, -0.1) is 11.3 Å². The van der Waals surface area contributed by atoms with E-state index in [4.69, 9.17) is 0 Å². The number of rotatable bonds is 10. The molecule has 82 heavy (non-hydrogen) atoms. The zero-order valence-corrected chi connectivity index (χ0v) is 46.6. The van der Waals surface area contributed by atoms with Crippen LogP contribution >= 0.6 is 11.3 Å². The van der Waals surface area contributed by atoms with Crippen LogP contribution in [0.15, 0.2) is 315 Å². The first-order valence-corrected chi connectivity index (χ1v) is 31.1. The van der Waals surface area contributed by atoms with Gasteiger partial charge in [-0.1, -0.05) is 279 Å². The van der Waals surface area contributed by atoms with E-state index in [1.54, 1.807) is 0 Å². The van der Waals surface area contributed by atoms with Crippen LogP contribution in [0.5, 0.6) is 0 Å². The van der Waals surface area contributed by atoms with Gasteiger partial charge >= 0.3 is 0 Å². The number of aromatic nitrogens is 2. The van der Waals surface area contributed by atoms with Crippen LogP contribution in [0, 0.1) is 0 Å². The fourth-order valence-corrected chi connectivity index (χ4v) is 19.6. The molecule has 3 heterocycles. The minimum absolute atomic E-state index is 1.12. The summed E-state index contributed by atoms with van der Waals surface area (Å²) in [5.41, 5.74) is 16.5. The summed E-state index contributed by atoms with van der Waals surface area (Å²) in [6.45, 7) is 0. The minimum atomic E-state index is -3.01. The Bertz CT molecular complexity index is 4920. The molecule has 16 rings (SSSR count). The fraction of sp³-hybridized carbons (Fsp3) is 0. The van der Waals surface area contributed by atoms with E-state index in [0.717, 1.165) is 33.5 Å². The predicted molar refractivity (Wildman–Crippen MR) is 353 cm³/mol. The highest BCUT2D eigenvalue weighted by Crippen LogP contribution is 2.47. The summed E-state index contributed by atoms with van der Waals surface area (Å²) >= 11 is 1.89. The van der Waals surface area contributed by atoms with Crippen LogP contribution in [0.1, 0.15) is 0 Å². The molecule has 0 spiro atoms. The van der Waals surface area contributed by atoms with Crippen molar-refractivity contribution in [3.05, 3.63) is 315 Å². The Morgan fingerprint density at radius 1 is 0.256 bits per heavy atom. The van der Waals surface area contributed by atoms with Gasteiger partial charge in [0.1, 0.15) is 0 Å². The molecular formula is C78H52N2SSi. The second-order valence-corrected chi connectivity index (χ2v) is 26.3. The van der Waals surface area contributed by atoms with Gasteiger partial charge in [-0.3, -0.25) is 0 Å². The van der Waals surface area contributed by atoms with Crippen LogP contribution < -0.4 is 20.7 Å². The predicted octanol–water partition coefficient (Wildman–Crippen LogP) is 18.3. The lowest BCUT2D eigenvalue weighted by Crippen LogP contribution is -2.74. The lowest BCUT2D eigenvalue weighted by Gasteiger charge is -2.36. The van der Waals surface area contributed by atoms with Crippen molar-refractivity contribution in [2.45, 2.75) is 0 Å². The lowest BCUT2D eigenvalue weighted by atomic mass is 9.92. The van der Waals surface area contributed by atoms with Gasteiger partial charge in [0.15, 0.2) is 8.07 Å². The molecule has 2 nitrogen and oxygen atoms in total. The molecule has 0 saturated carbocycles. The fourth-order valence-electron chi connectivity index (χ4n) is 13.6. The molecule has 0 radical (unpaired) electrons. The van der Waals surface area contributed by atoms with Crippen molar-refractivity contribution in [1.82, 2.24) is 9.13 Å². The quantitative estimate of drug-likeness (QED) is 0.0954. The van der Waals surface area contributed by atoms with E-state index in [-0.39, 0.29) is 0 Å². The van der Waals surface area contributed by atoms with Gasteiger partial charge in [0, 0.05) is 69.7 Å². The maximum absolute atomic E-state index is 3.01. The molecule has 0 bridgehead atoms. The normalized spacial score (nSPS) is 11.9. The second kappa shape index (κ2) is 19.6. The van der Waals surface area contributed by atoms with Gasteiger partial charge in [-0.25, -0.2) is 0 Å². The zero-order valence-electron chi connectivity index (χ0n) is 44.8. The molecule has 4 heteroatoms. The maximum Gasteiger partial charge on any atom is 0.179 e. The van der Waals surface area contributed by atoms with Crippen molar-refractivity contribution >= 4 is 104 Å². The van der Waals surface area contributed by atoms with Crippen molar-refractivity contribution in [2.24, 2.45) is 0 Å². The van der Waals surface area contributed by atoms with Crippen molar-refractivity contribution in [1.29, 1.82) is 0 Å². The largest absolute Gasteiger partial charge is 0.309 e. The van der Waals surface area contributed by atoms with Crippen LogP contribution in [-0.2, 0) is 0 Å². The van der Waals surface area contributed by atoms with E-state index in [1.165, 1.54) is 107 Å². The molecular weight excluding hydrogens is 1030 g/mol. The molecule has 0 atom stereocenters. The summed E-state index contributed by atoms with van der Waals surface area (Å²) in [6.07, 6.45) is 0. The molecule has 0 aliphatic rings. The maximum atomic E-state index is 2.57. The minimum Gasteiger partial charge on any atom is -0.309 e. The van der Waals surface area contributed by atoms with E-state index in [2.05, 4.69) is 325 Å². The third-order valence-electron chi connectivity index (χ3n) is 17.1. The van der Waals surface area contributed by atoms with Crippen LogP contribution in [0.4, 0.5) is 0 Å². The molecule has 13 aromatic carbocycles. The molecule has 0 N–H and O–H groups in total. The average Bonchev–Trinajstić information content (AvgIpc) is 3.17. The Hall–Kier alpha value is -10.1. The third-order valence-corrected chi connectivity index (χ3v) is 23.0. The van der Waals surface area contributed by atoms with Crippen molar-refractivity contribution in [3.63, 3.8) is 0 Å². The lowest BCUT2D eigenvalue weighted by molar-refractivity contribution is 1.17. The summed E-state index contributed by atoms with van der Waals surface area (Å²) in [5, 5.41) is 12.8. The van der Waals surface area contributed by atoms with Gasteiger partial charge in [0.05, 0.1) is 27.8 Å². The molecule has 0 aliphatic heterocycles. The highest BCUT2D eigenvalue weighted by Gasteiger charge is 2.42. The van der Waals surface area contributed by atoms with Crippen LogP contribution in [-0.4, -0.2) is 17.2 Å². The van der Waals surface area contributed by atoms with Gasteiger partial charge in [0.2, 0.25) is 0 Å². The molecule has 3 aromatic heterocycles. The molecule has 0 unspecified atom stereocenters. The number of benzene rings is 13. The number of hydrogen-bond donors (Lipinski definition) is 0. The highest BCUT2D eigenvalue weighted by molar-refractivity contribution is 7.26. The Labute approximate surface area is 481 Å². The van der Waals surface area contributed by atoms with Crippen LogP contribution in [0.25, 0.3) is 120 Å². The molecule has 16 aromatic rings. The van der Waals surface area contributed by atoms with Gasteiger partial charge in [0.25, 0.3) is 0 Å². The molecule has 384 valence electrons. The van der Waals surface area contributed by atoms with Gasteiger partial charge < -0.3 is 9.13 Å². The Balaban J connectivity index is 0.972. The third kappa shape index (κ3) is 7.46. The van der Waals surface area contributed by atoms with Crippen molar-refractivity contribution < 1.29 is 0 Å². The Morgan fingerprint density at radius 3 is 1.28 bits per heavy atom. The molecule has 0 fully saturated rings. The van der Waals surface area contributed by atoms with E-state index < -0.39 is 8.07 Å². The number of para-hydroxylation sites is 3. The van der Waals surface area contributed by atoms with Crippen LogP contribution in [0.2, 0.25) is 0 Å². The first-order valence-electron chi connectivity index (χ1n) is 28.2. The Kier molecular flexibility index (Phi) is 11.4. The molecule has 0 amide bonds. The van der Waals surface area contributed by atoms with E-state index in [1.807, 2.05) is 11.3 Å². The summed E-state index contributed by atoms with van der Waals surface area (Å²) in [5.74, 6) is 0. The van der Waals surface area contributed by atoms with Crippen molar-refractivity contribution in [3.8, 4) is 55.9 Å². The smallest absolute Gasteiger partial charge is 0.179 e. The zero-order chi connectivity index (χ0) is 54.1. The van der Waals surface area contributed by atoms with Crippen LogP contribution in [0.3, 0.4) is 0 Å². The monoisotopic (exact) mass is 1080 g/mol. The summed E-state index contributed by atoms with van der Waals surface area (Å²) in [7, 11) is -3.01. The Morgan fingerprint density at radius 2 is 0.683 bits per heavy atom. The topological polar surface area (TPSA) is 9.86 Å². The summed E-state index contributed by atoms with van der Waals surface area (Å²) in [4.78, 5) is 0. The number of thiophene rings is 1. The average molecular weight is 1080 g/mol. The SMILES string of the molecule is c1ccc(-c2cc([Si](c3ccccc3)(c3ccccc3)c3ccccc3)cc(-c3ccccc3)c2-n2c3ccccc3c3cc(-n4c5ccccc5c5cccc(-c6ccccc6-c6cccc7c6sc6ccccc67)c54)ccc32)cc1. The highest BCUT2D eigenvalue weighted by atomic mass is 32.1. The van der Waals surface area contributed by atoms with E-state index in [0.29, 0.717) is 0 Å². The molecule has 0 saturated heterocycles. The number of nitrogens with zero attached hydrogens (tertiary/aromatic N) is 2. The van der Waals surface area contributed by atoms with Gasteiger partial charge in [-0.2, -0.15) is 0 Å². The van der Waals surface area contributed by atoms with Crippen molar-refractivity contribution in [2.75, 3.05) is 0 Å². The standard InChI is InChI=1S/C78H52N2SSi/c1-6-26-53(27-7-1)69-51-59(82(56-30-10-3-11-31-56,57-32-12-4-13-33-57)58-34-14-5-15-35-58)52-70(54-28-8-2-9-29-54)77(69)80-73-46-22-19-39-63(73)71-50-55(48-49-74(71)80)79-72-45-21-18-38-62(72)66-42-24-41-65(76(66)79)60-36-16-17-37-61(60)67-43-25-44-68-64-40-20-23-47-75(64)81-78(67)68/h1-52H. The summed E-state index contributed by atoms with van der Waals surface area (Å²) < 4.78 is 7.73. The number of hydrogen-bond acceptors (Lipinski definition) is 1. The second-order valence-electron chi connectivity index (χ2n) is 21.4. The van der Waals surface area contributed by atoms with E-state index in [9.17, 15) is 0 Å². The van der Waals surface area contributed by atoms with E-state index >= 15 is 0 Å². The molecule has 0 aliphatic carbocycles. The number of fused-ring (bicyclic) bond motifs is 9. The summed E-state index contributed by atoms with van der Waals surface area (Å²) in [6, 6.07) is 118. The van der Waals surface area contributed by atoms with Gasteiger partial charge in [-0.05, 0) is 79.4 Å². The first-order chi connectivity index (χ1) is 40.7. The first kappa shape index (κ1) is 47.9.